The summed E-state index contributed by atoms with van der Waals surface area (Å²) in [6.45, 7) is 0.637. The molecule has 0 aromatic heterocycles. The lowest BCUT2D eigenvalue weighted by Crippen LogP contribution is -2.64. The fourth-order valence-corrected chi connectivity index (χ4v) is 2.32. The van der Waals surface area contributed by atoms with Crippen LogP contribution in [0.3, 0.4) is 0 Å². The van der Waals surface area contributed by atoms with Crippen LogP contribution in [0.15, 0.2) is 30.3 Å². The van der Waals surface area contributed by atoms with Crippen LogP contribution in [-0.4, -0.2) is 64.4 Å². The van der Waals surface area contributed by atoms with Gasteiger partial charge in [0.15, 0.2) is 0 Å². The summed E-state index contributed by atoms with van der Waals surface area (Å²) >= 11 is 0. The number of carbonyl (C=O) groups is 2. The molecule has 5 atom stereocenters. The molecule has 1 heterocycles. The molecule has 4 N–H and O–H groups in total. The SMILES string of the molecule is CC(=O)N[C@@H]1[C@@H](OC(=O)c2ccccc2)O[C@@H](CO)[C@@H](O)[C@@H]1O. The van der Waals surface area contributed by atoms with Crippen LogP contribution in [0, 0.1) is 0 Å². The van der Waals surface area contributed by atoms with Gasteiger partial charge in [-0.1, -0.05) is 18.2 Å². The van der Waals surface area contributed by atoms with Gasteiger partial charge in [-0.15, -0.1) is 0 Å². The Labute approximate surface area is 132 Å². The first-order valence-corrected chi connectivity index (χ1v) is 7.09. The Kier molecular flexibility index (Phi) is 5.67. The summed E-state index contributed by atoms with van der Waals surface area (Å²) < 4.78 is 10.5. The number of rotatable bonds is 4. The highest BCUT2D eigenvalue weighted by Gasteiger charge is 2.46. The third kappa shape index (κ3) is 4.05. The Morgan fingerprint density at radius 2 is 1.87 bits per heavy atom. The van der Waals surface area contributed by atoms with Gasteiger partial charge in [0.25, 0.3) is 0 Å². The van der Waals surface area contributed by atoms with E-state index in [1.165, 1.54) is 19.1 Å². The van der Waals surface area contributed by atoms with Crippen molar-refractivity contribution < 1.29 is 34.4 Å². The molecule has 1 aromatic carbocycles. The molecule has 1 amide bonds. The minimum atomic E-state index is -1.46. The highest BCUT2D eigenvalue weighted by atomic mass is 16.7. The minimum absolute atomic E-state index is 0.263. The summed E-state index contributed by atoms with van der Waals surface area (Å²) in [6, 6.07) is 6.95. The van der Waals surface area contributed by atoms with Crippen LogP contribution in [0.4, 0.5) is 0 Å². The van der Waals surface area contributed by atoms with Gasteiger partial charge in [-0.3, -0.25) is 4.79 Å². The van der Waals surface area contributed by atoms with E-state index >= 15 is 0 Å². The number of ether oxygens (including phenoxy) is 2. The molecule has 1 aliphatic heterocycles. The zero-order valence-corrected chi connectivity index (χ0v) is 12.5. The average Bonchev–Trinajstić information content (AvgIpc) is 2.54. The lowest BCUT2D eigenvalue weighted by atomic mass is 9.97. The van der Waals surface area contributed by atoms with E-state index in [0.29, 0.717) is 0 Å². The maximum atomic E-state index is 12.1. The van der Waals surface area contributed by atoms with E-state index < -0.39 is 49.1 Å². The van der Waals surface area contributed by atoms with E-state index in [1.54, 1.807) is 18.2 Å². The lowest BCUT2D eigenvalue weighted by molar-refractivity contribution is -0.253. The van der Waals surface area contributed by atoms with Crippen molar-refractivity contribution in [2.24, 2.45) is 0 Å². The number of amides is 1. The number of aliphatic hydroxyl groups is 3. The zero-order chi connectivity index (χ0) is 17.0. The lowest BCUT2D eigenvalue weighted by Gasteiger charge is -2.41. The van der Waals surface area contributed by atoms with Gasteiger partial charge in [0.05, 0.1) is 12.2 Å². The van der Waals surface area contributed by atoms with Gasteiger partial charge in [0, 0.05) is 6.92 Å². The quantitative estimate of drug-likeness (QED) is 0.512. The molecule has 1 aromatic rings. The van der Waals surface area contributed by atoms with Gasteiger partial charge in [0.1, 0.15) is 24.4 Å². The fraction of sp³-hybridized carbons (Fsp3) is 0.467. The van der Waals surface area contributed by atoms with Crippen LogP contribution < -0.4 is 5.32 Å². The highest BCUT2D eigenvalue weighted by Crippen LogP contribution is 2.23. The highest BCUT2D eigenvalue weighted by molar-refractivity contribution is 5.89. The molecular weight excluding hydrogens is 306 g/mol. The van der Waals surface area contributed by atoms with Crippen LogP contribution in [0.5, 0.6) is 0 Å². The second-order valence-electron chi connectivity index (χ2n) is 5.20. The van der Waals surface area contributed by atoms with E-state index in [1.807, 2.05) is 0 Å². The number of nitrogens with one attached hydrogen (secondary N) is 1. The molecule has 8 heteroatoms. The molecule has 1 aliphatic rings. The van der Waals surface area contributed by atoms with Crippen LogP contribution in [-0.2, 0) is 14.3 Å². The van der Waals surface area contributed by atoms with Gasteiger partial charge in [-0.05, 0) is 12.1 Å². The van der Waals surface area contributed by atoms with Gasteiger partial charge in [-0.2, -0.15) is 0 Å². The maximum absolute atomic E-state index is 12.1. The first-order valence-electron chi connectivity index (χ1n) is 7.09. The van der Waals surface area contributed by atoms with E-state index in [4.69, 9.17) is 9.47 Å². The topological polar surface area (TPSA) is 125 Å². The van der Waals surface area contributed by atoms with Crippen LogP contribution in [0.25, 0.3) is 0 Å². The Balaban J connectivity index is 2.17. The number of hydrogen-bond donors (Lipinski definition) is 4. The van der Waals surface area contributed by atoms with E-state index in [-0.39, 0.29) is 5.56 Å². The van der Waals surface area contributed by atoms with Crippen LogP contribution in [0.2, 0.25) is 0 Å². The van der Waals surface area contributed by atoms with Gasteiger partial charge >= 0.3 is 5.97 Å². The normalized spacial score (nSPS) is 30.5. The predicted octanol–water partition coefficient (Wildman–Crippen LogP) is -1.21. The van der Waals surface area contributed by atoms with Crippen LogP contribution in [0.1, 0.15) is 17.3 Å². The minimum Gasteiger partial charge on any atom is -0.430 e. The average molecular weight is 325 g/mol. The third-order valence-electron chi connectivity index (χ3n) is 3.48. The van der Waals surface area contributed by atoms with Crippen molar-refractivity contribution in [1.29, 1.82) is 0 Å². The molecule has 1 fully saturated rings. The smallest absolute Gasteiger partial charge is 0.340 e. The second-order valence-corrected chi connectivity index (χ2v) is 5.20. The van der Waals surface area contributed by atoms with E-state index in [9.17, 15) is 24.9 Å². The summed E-state index contributed by atoms with van der Waals surface area (Å²) in [6.07, 6.45) is -5.37. The first-order chi connectivity index (χ1) is 10.9. The monoisotopic (exact) mass is 325 g/mol. The van der Waals surface area contributed by atoms with E-state index in [0.717, 1.165) is 0 Å². The molecule has 0 spiro atoms. The number of esters is 1. The molecule has 0 aliphatic carbocycles. The Hall–Kier alpha value is -2.00. The molecular formula is C15H19NO7. The van der Waals surface area contributed by atoms with Crippen molar-refractivity contribution in [3.63, 3.8) is 0 Å². The number of hydrogen-bond acceptors (Lipinski definition) is 7. The van der Waals surface area contributed by atoms with Gasteiger partial charge < -0.3 is 30.1 Å². The Morgan fingerprint density at radius 1 is 1.22 bits per heavy atom. The molecule has 0 saturated carbocycles. The Bertz CT molecular complexity index is 550. The van der Waals surface area contributed by atoms with Gasteiger partial charge in [-0.25, -0.2) is 4.79 Å². The van der Waals surface area contributed by atoms with Crippen molar-refractivity contribution in [2.45, 2.75) is 37.6 Å². The standard InChI is InChI=1S/C15H19NO7/c1-8(18)16-11-13(20)12(19)10(7-17)22-15(11)23-14(21)9-5-3-2-4-6-9/h2-6,10-13,15,17,19-20H,7H2,1H3,(H,16,18)/t10-,11-,12+,13+,15+/m0/s1. The van der Waals surface area contributed by atoms with Crippen molar-refractivity contribution in [3.05, 3.63) is 35.9 Å². The molecule has 23 heavy (non-hydrogen) atoms. The molecule has 0 bridgehead atoms. The first kappa shape index (κ1) is 17.4. The molecule has 1 saturated heterocycles. The van der Waals surface area contributed by atoms with Crippen molar-refractivity contribution in [2.75, 3.05) is 6.61 Å². The molecule has 2 rings (SSSR count). The predicted molar refractivity (Wildman–Crippen MR) is 77.2 cm³/mol. The molecule has 126 valence electrons. The molecule has 8 nitrogen and oxygen atoms in total. The van der Waals surface area contributed by atoms with Crippen LogP contribution >= 0.6 is 0 Å². The maximum Gasteiger partial charge on any atom is 0.340 e. The summed E-state index contributed by atoms with van der Waals surface area (Å²) in [7, 11) is 0. The Morgan fingerprint density at radius 3 is 2.43 bits per heavy atom. The second kappa shape index (κ2) is 7.51. The summed E-state index contributed by atoms with van der Waals surface area (Å²) in [5, 5.41) is 31.5. The van der Waals surface area contributed by atoms with Crippen molar-refractivity contribution >= 4 is 11.9 Å². The third-order valence-corrected chi connectivity index (χ3v) is 3.48. The summed E-state index contributed by atoms with van der Waals surface area (Å²) in [5.74, 6) is -1.21. The zero-order valence-electron chi connectivity index (χ0n) is 12.5. The number of carbonyl (C=O) groups excluding carboxylic acids is 2. The molecule has 0 unspecified atom stereocenters. The largest absolute Gasteiger partial charge is 0.430 e. The van der Waals surface area contributed by atoms with Gasteiger partial charge in [0.2, 0.25) is 12.2 Å². The van der Waals surface area contributed by atoms with Crippen molar-refractivity contribution in [1.82, 2.24) is 5.32 Å². The van der Waals surface area contributed by atoms with E-state index in [2.05, 4.69) is 5.32 Å². The molecule has 0 radical (unpaired) electrons. The fourth-order valence-electron chi connectivity index (χ4n) is 2.32. The number of benzene rings is 1. The summed E-state index contributed by atoms with van der Waals surface area (Å²) in [4.78, 5) is 23.4. The summed E-state index contributed by atoms with van der Waals surface area (Å²) in [5.41, 5.74) is 0.263. The van der Waals surface area contributed by atoms with Crippen molar-refractivity contribution in [3.8, 4) is 0 Å². The number of aliphatic hydroxyl groups excluding tert-OH is 3.